The predicted molar refractivity (Wildman–Crippen MR) is 42.4 cm³/mol. The summed E-state index contributed by atoms with van der Waals surface area (Å²) >= 11 is 0. The van der Waals surface area contributed by atoms with Crippen LogP contribution >= 0.6 is 0 Å². The Morgan fingerprint density at radius 1 is 1.00 bits per heavy atom. The highest BCUT2D eigenvalue weighted by Crippen LogP contribution is 2.30. The Hall–Kier alpha value is -0.0800. The number of rotatable bonds is 2. The lowest BCUT2D eigenvalue weighted by Gasteiger charge is -2.25. The highest BCUT2D eigenvalue weighted by atomic mass is 16.5. The Morgan fingerprint density at radius 2 is 1.82 bits per heavy atom. The third-order valence-corrected chi connectivity index (χ3v) is 2.51. The molecule has 0 bridgehead atoms. The second-order valence-electron chi connectivity index (χ2n) is 3.78. The van der Waals surface area contributed by atoms with Crippen LogP contribution in [0.25, 0.3) is 0 Å². The molecule has 0 aromatic rings. The highest BCUT2D eigenvalue weighted by molar-refractivity contribution is 4.79. The zero-order valence-corrected chi connectivity index (χ0v) is 6.83. The van der Waals surface area contributed by atoms with Gasteiger partial charge in [0.05, 0.1) is 18.3 Å². The fourth-order valence-corrected chi connectivity index (χ4v) is 1.72. The average Bonchev–Trinajstić information content (AvgIpc) is 2.71. The lowest BCUT2D eigenvalue weighted by Crippen LogP contribution is -2.26. The molecule has 2 nitrogen and oxygen atoms in total. The Morgan fingerprint density at radius 3 is 2.45 bits per heavy atom. The summed E-state index contributed by atoms with van der Waals surface area (Å²) in [5, 5.41) is 9.33. The molecule has 2 aliphatic rings. The lowest BCUT2D eigenvalue weighted by molar-refractivity contribution is -0.0228. The first kappa shape index (κ1) is 7.56. The van der Waals surface area contributed by atoms with Crippen LogP contribution in [0, 0.1) is 0 Å². The summed E-state index contributed by atoms with van der Waals surface area (Å²) in [6.45, 7) is 0. The van der Waals surface area contributed by atoms with Crippen molar-refractivity contribution < 1.29 is 9.84 Å². The lowest BCUT2D eigenvalue weighted by atomic mass is 9.95. The van der Waals surface area contributed by atoms with Gasteiger partial charge in [-0.25, -0.2) is 0 Å². The van der Waals surface area contributed by atoms with Crippen LogP contribution in [0.4, 0.5) is 0 Å². The van der Waals surface area contributed by atoms with Crippen molar-refractivity contribution in [3.63, 3.8) is 0 Å². The van der Waals surface area contributed by atoms with Gasteiger partial charge < -0.3 is 9.84 Å². The van der Waals surface area contributed by atoms with Crippen molar-refractivity contribution in [3.8, 4) is 0 Å². The highest BCUT2D eigenvalue weighted by Gasteiger charge is 2.29. The van der Waals surface area contributed by atoms with Gasteiger partial charge >= 0.3 is 0 Å². The number of aliphatic hydroxyl groups is 1. The molecule has 64 valence electrons. The fourth-order valence-electron chi connectivity index (χ4n) is 1.72. The molecular weight excluding hydrogens is 140 g/mol. The van der Waals surface area contributed by atoms with Gasteiger partial charge in [-0.05, 0) is 38.5 Å². The Balaban J connectivity index is 1.73. The fraction of sp³-hybridized carbons (Fsp3) is 1.00. The molecule has 2 rings (SSSR count). The Kier molecular flexibility index (Phi) is 2.14. The molecule has 0 aromatic carbocycles. The Bertz CT molecular complexity index is 130. The van der Waals surface area contributed by atoms with E-state index in [2.05, 4.69) is 0 Å². The third-order valence-electron chi connectivity index (χ3n) is 2.51. The molecule has 0 heterocycles. The van der Waals surface area contributed by atoms with Gasteiger partial charge in [0.15, 0.2) is 0 Å². The maximum Gasteiger partial charge on any atom is 0.0603 e. The molecule has 2 saturated carbocycles. The summed E-state index contributed by atoms with van der Waals surface area (Å²) in [5.41, 5.74) is 0. The SMILES string of the molecule is O[C@H]1CCC[C@@H](OC2CC2)C1. The molecule has 0 aromatic heterocycles. The van der Waals surface area contributed by atoms with Crippen LogP contribution in [-0.4, -0.2) is 23.4 Å². The van der Waals surface area contributed by atoms with E-state index in [9.17, 15) is 5.11 Å². The minimum absolute atomic E-state index is 0.0903. The molecule has 0 amide bonds. The Labute approximate surface area is 67.6 Å². The van der Waals surface area contributed by atoms with Gasteiger partial charge in [-0.3, -0.25) is 0 Å². The number of hydrogen-bond acceptors (Lipinski definition) is 2. The molecule has 2 aliphatic carbocycles. The number of ether oxygens (including phenoxy) is 1. The zero-order valence-electron chi connectivity index (χ0n) is 6.83. The molecule has 0 radical (unpaired) electrons. The molecule has 0 aliphatic heterocycles. The van der Waals surface area contributed by atoms with Gasteiger partial charge in [-0.1, -0.05) is 0 Å². The van der Waals surface area contributed by atoms with E-state index in [0.717, 1.165) is 25.7 Å². The first-order chi connectivity index (χ1) is 5.34. The smallest absolute Gasteiger partial charge is 0.0603 e. The minimum atomic E-state index is -0.0903. The van der Waals surface area contributed by atoms with Gasteiger partial charge in [-0.2, -0.15) is 0 Å². The van der Waals surface area contributed by atoms with Crippen molar-refractivity contribution in [1.82, 2.24) is 0 Å². The van der Waals surface area contributed by atoms with Crippen LogP contribution in [0.2, 0.25) is 0 Å². The van der Waals surface area contributed by atoms with Gasteiger partial charge in [0, 0.05) is 0 Å². The maximum atomic E-state index is 9.33. The normalized spacial score (nSPS) is 39.0. The number of aliphatic hydroxyl groups excluding tert-OH is 1. The summed E-state index contributed by atoms with van der Waals surface area (Å²) in [5.74, 6) is 0. The molecule has 2 atom stereocenters. The van der Waals surface area contributed by atoms with Crippen molar-refractivity contribution in [2.75, 3.05) is 0 Å². The van der Waals surface area contributed by atoms with Crippen LogP contribution in [-0.2, 0) is 4.74 Å². The molecule has 2 heteroatoms. The predicted octanol–water partition coefficient (Wildman–Crippen LogP) is 1.47. The average molecular weight is 156 g/mol. The summed E-state index contributed by atoms with van der Waals surface area (Å²) in [4.78, 5) is 0. The van der Waals surface area contributed by atoms with Crippen molar-refractivity contribution in [2.45, 2.75) is 56.8 Å². The van der Waals surface area contributed by atoms with Gasteiger partial charge in [0.1, 0.15) is 0 Å². The van der Waals surface area contributed by atoms with E-state index in [0.29, 0.717) is 12.2 Å². The van der Waals surface area contributed by atoms with Gasteiger partial charge in [0.2, 0.25) is 0 Å². The van der Waals surface area contributed by atoms with E-state index in [4.69, 9.17) is 4.74 Å². The summed E-state index contributed by atoms with van der Waals surface area (Å²) in [6, 6.07) is 0. The van der Waals surface area contributed by atoms with Gasteiger partial charge in [0.25, 0.3) is 0 Å². The minimum Gasteiger partial charge on any atom is -0.393 e. The second kappa shape index (κ2) is 3.11. The maximum absolute atomic E-state index is 9.33. The quantitative estimate of drug-likeness (QED) is 0.656. The van der Waals surface area contributed by atoms with Crippen molar-refractivity contribution in [3.05, 3.63) is 0 Å². The summed E-state index contributed by atoms with van der Waals surface area (Å²) in [6.07, 6.45) is 7.45. The first-order valence-electron chi connectivity index (χ1n) is 4.68. The van der Waals surface area contributed by atoms with Crippen molar-refractivity contribution in [2.24, 2.45) is 0 Å². The van der Waals surface area contributed by atoms with Crippen molar-refractivity contribution >= 4 is 0 Å². The zero-order chi connectivity index (χ0) is 7.68. The molecule has 0 saturated heterocycles. The number of hydrogen-bond donors (Lipinski definition) is 1. The standard InChI is InChI=1S/C9H16O2/c10-7-2-1-3-9(6-7)11-8-4-5-8/h7-10H,1-6H2/t7-,9+/m0/s1. The third kappa shape index (κ3) is 2.17. The van der Waals surface area contributed by atoms with Crippen molar-refractivity contribution in [1.29, 1.82) is 0 Å². The molecule has 2 fully saturated rings. The van der Waals surface area contributed by atoms with E-state index in [-0.39, 0.29) is 6.10 Å². The van der Waals surface area contributed by atoms with E-state index in [1.165, 1.54) is 12.8 Å². The first-order valence-corrected chi connectivity index (χ1v) is 4.68. The largest absolute Gasteiger partial charge is 0.393 e. The monoisotopic (exact) mass is 156 g/mol. The molecule has 1 N–H and O–H groups in total. The van der Waals surface area contributed by atoms with E-state index in [1.807, 2.05) is 0 Å². The summed E-state index contributed by atoms with van der Waals surface area (Å²) in [7, 11) is 0. The summed E-state index contributed by atoms with van der Waals surface area (Å²) < 4.78 is 5.71. The van der Waals surface area contributed by atoms with Crippen LogP contribution in [0.1, 0.15) is 38.5 Å². The van der Waals surface area contributed by atoms with Gasteiger partial charge in [-0.15, -0.1) is 0 Å². The van der Waals surface area contributed by atoms with Crippen LogP contribution in [0.15, 0.2) is 0 Å². The van der Waals surface area contributed by atoms with Crippen LogP contribution < -0.4 is 0 Å². The second-order valence-corrected chi connectivity index (χ2v) is 3.78. The van der Waals surface area contributed by atoms with E-state index < -0.39 is 0 Å². The molecule has 0 unspecified atom stereocenters. The van der Waals surface area contributed by atoms with E-state index in [1.54, 1.807) is 0 Å². The van der Waals surface area contributed by atoms with Crippen LogP contribution in [0.5, 0.6) is 0 Å². The molecule has 0 spiro atoms. The molecule has 11 heavy (non-hydrogen) atoms. The van der Waals surface area contributed by atoms with Crippen LogP contribution in [0.3, 0.4) is 0 Å². The van der Waals surface area contributed by atoms with E-state index >= 15 is 0 Å². The molecular formula is C9H16O2. The topological polar surface area (TPSA) is 29.5 Å².